The van der Waals surface area contributed by atoms with Gasteiger partial charge in [-0.1, -0.05) is 0 Å². The second-order valence-corrected chi connectivity index (χ2v) is 65.1. The van der Waals surface area contributed by atoms with E-state index in [1.165, 1.54) is 54.0 Å². The Morgan fingerprint density at radius 3 is 1.21 bits per heavy atom. The molecule has 2 unspecified atom stereocenters. The Balaban J connectivity index is 1.45. The molecule has 0 aromatic heterocycles. The number of fused-ring (bicyclic) bond motifs is 6. The molecule has 302 valence electrons. The van der Waals surface area contributed by atoms with Gasteiger partial charge in [0.15, 0.2) is 0 Å². The Morgan fingerprint density at radius 2 is 0.877 bits per heavy atom. The molecule has 0 N–H and O–H groups in total. The summed E-state index contributed by atoms with van der Waals surface area (Å²) in [6.07, 6.45) is 11.1. The van der Waals surface area contributed by atoms with Crippen LogP contribution in [0.2, 0.25) is 101 Å². The fraction of sp³-hybridized carbons (Fsp3) is 0.451. The first-order chi connectivity index (χ1) is 26.4. The van der Waals surface area contributed by atoms with Crippen LogP contribution in [0.3, 0.4) is 0 Å². The van der Waals surface area contributed by atoms with Crippen LogP contribution in [0.4, 0.5) is 0 Å². The average Bonchev–Trinajstić information content (AvgIpc) is 3.73. The number of hydrogen-bond acceptors (Lipinski definition) is 0. The van der Waals surface area contributed by atoms with E-state index in [9.17, 15) is 0 Å². The Hall–Kier alpha value is -1.69. The van der Waals surface area contributed by atoms with Crippen LogP contribution in [0.1, 0.15) is 62.2 Å². The van der Waals surface area contributed by atoms with Crippen LogP contribution >= 0.6 is 0 Å². The van der Waals surface area contributed by atoms with Crippen molar-refractivity contribution < 1.29 is 20.0 Å². The Morgan fingerprint density at radius 1 is 0.509 bits per heavy atom. The summed E-state index contributed by atoms with van der Waals surface area (Å²) in [6.45, 7) is 35.6. The second-order valence-electron chi connectivity index (χ2n) is 23.2. The van der Waals surface area contributed by atoms with E-state index in [0.717, 1.165) is 0 Å². The Kier molecular flexibility index (Phi) is 11.5. The van der Waals surface area contributed by atoms with E-state index >= 15 is 0 Å². The standard InChI is InChI=1S/C49H68Si5.2CH3.Hf/c1-15-16-17-18-25-54(14,44-26-36-21-19-23-46(48(36)34-44)38-28-40(50(2,3)4)32-41(29-38)51(5,6)7)45-27-37-22-20-24-47(49(37)35-45)39-30-42(52(8,9)10)33-43(31-39)53(11,12)13;;;/h19-24,26-35H,15-18,25H2,1-14H3;2*1H3;. The first-order valence-electron chi connectivity index (χ1n) is 22.4. The van der Waals surface area contributed by atoms with E-state index in [-0.39, 0.29) is 0 Å². The van der Waals surface area contributed by atoms with Crippen molar-refractivity contribution in [2.45, 2.75) is 140 Å². The van der Waals surface area contributed by atoms with E-state index < -0.39 is 60.3 Å². The second kappa shape index (κ2) is 15.0. The van der Waals surface area contributed by atoms with Gasteiger partial charge in [0.05, 0.1) is 0 Å². The van der Waals surface area contributed by atoms with Crippen molar-refractivity contribution in [2.24, 2.45) is 0 Å². The normalized spacial score (nSPS) is 21.4. The molecule has 2 atom stereocenters. The molecule has 0 bridgehead atoms. The first kappa shape index (κ1) is 43.4. The average molecular weight is 1010 g/mol. The fourth-order valence-electron chi connectivity index (χ4n) is 10.7. The molecule has 4 aromatic rings. The molecule has 2 aliphatic carbocycles. The van der Waals surface area contributed by atoms with Gasteiger partial charge in [-0.3, -0.25) is 0 Å². The molecule has 0 amide bonds. The molecule has 57 heavy (non-hydrogen) atoms. The van der Waals surface area contributed by atoms with Crippen molar-refractivity contribution in [3.8, 4) is 22.3 Å². The van der Waals surface area contributed by atoms with Gasteiger partial charge in [-0.2, -0.15) is 0 Å². The van der Waals surface area contributed by atoms with Gasteiger partial charge in [0.1, 0.15) is 0 Å². The van der Waals surface area contributed by atoms with Crippen molar-refractivity contribution in [3.63, 3.8) is 0 Å². The van der Waals surface area contributed by atoms with Gasteiger partial charge in [0, 0.05) is 0 Å². The molecule has 0 nitrogen and oxygen atoms in total. The predicted molar refractivity (Wildman–Crippen MR) is 269 cm³/mol. The SMILES string of the molecule is CCCCCC[Si]1(C)C2=Cc3c(-c4cc([Si](C)(C)C)cc([Si](C)(C)C)c4)cccc3[CH]2[Hf]([CH3])([CH3])[CH]2C1=Cc1c(-c3cc([Si](C)(C)C)cc([Si](C)(C)C)c3)cccc12. The molecule has 7 rings (SSSR count). The molecule has 6 heteroatoms. The minimum atomic E-state index is -3.20. The van der Waals surface area contributed by atoms with Crippen molar-refractivity contribution >= 4 is 73.3 Å². The summed E-state index contributed by atoms with van der Waals surface area (Å²) in [7, 11) is -8.10. The summed E-state index contributed by atoms with van der Waals surface area (Å²) in [5.41, 5.74) is 12.5. The molecule has 1 fully saturated rings. The summed E-state index contributed by atoms with van der Waals surface area (Å²) in [5, 5.41) is 10.3. The van der Waals surface area contributed by atoms with E-state index in [1.54, 1.807) is 43.0 Å². The first-order valence-corrected chi connectivity index (χ1v) is 50.4. The zero-order valence-corrected chi connectivity index (χ0v) is 47.4. The predicted octanol–water partition coefficient (Wildman–Crippen LogP) is 13.8. The summed E-state index contributed by atoms with van der Waals surface area (Å²) in [4.78, 5) is 0. The van der Waals surface area contributed by atoms with Crippen molar-refractivity contribution in [1.82, 2.24) is 0 Å². The van der Waals surface area contributed by atoms with Gasteiger partial charge in [-0.15, -0.1) is 0 Å². The zero-order chi connectivity index (χ0) is 41.7. The zero-order valence-electron chi connectivity index (χ0n) is 38.8. The molecule has 0 saturated carbocycles. The topological polar surface area (TPSA) is 0 Å². The number of rotatable bonds is 11. The molecule has 0 radical (unpaired) electrons. The fourth-order valence-corrected chi connectivity index (χ4v) is 48.1. The molecular formula is C51H74HfSi5. The number of allylic oxidation sites excluding steroid dienone is 2. The monoisotopic (exact) mass is 1010 g/mol. The molecule has 1 heterocycles. The quantitative estimate of drug-likeness (QED) is 0.104. The maximum atomic E-state index is 2.86. The van der Waals surface area contributed by atoms with Gasteiger partial charge in [-0.25, -0.2) is 0 Å². The molecule has 0 spiro atoms. The van der Waals surface area contributed by atoms with E-state index in [1.807, 2.05) is 10.4 Å². The van der Waals surface area contributed by atoms with Crippen molar-refractivity contribution in [2.75, 3.05) is 0 Å². The van der Waals surface area contributed by atoms with Crippen LogP contribution in [0.15, 0.2) is 83.2 Å². The van der Waals surface area contributed by atoms with E-state index in [0.29, 0.717) is 7.35 Å². The van der Waals surface area contributed by atoms with E-state index in [2.05, 4.69) is 186 Å². The molecule has 3 aliphatic rings. The van der Waals surface area contributed by atoms with Crippen LogP contribution in [0.25, 0.3) is 34.4 Å². The summed E-state index contributed by atoms with van der Waals surface area (Å²) in [5.74, 6) is 0. The molecule has 1 aliphatic heterocycles. The third kappa shape index (κ3) is 7.88. The minimum absolute atomic E-state index is 0.664. The van der Waals surface area contributed by atoms with Crippen LogP contribution < -0.4 is 20.7 Å². The van der Waals surface area contributed by atoms with Gasteiger partial charge in [-0.05, 0) is 0 Å². The van der Waals surface area contributed by atoms with Crippen molar-refractivity contribution in [1.29, 1.82) is 0 Å². The molecule has 4 aromatic carbocycles. The Labute approximate surface area is 358 Å². The van der Waals surface area contributed by atoms with Crippen LogP contribution in [0, 0.1) is 0 Å². The number of unbranched alkanes of at least 4 members (excludes halogenated alkanes) is 3. The van der Waals surface area contributed by atoms with Gasteiger partial charge in [0.2, 0.25) is 0 Å². The van der Waals surface area contributed by atoms with E-state index in [4.69, 9.17) is 0 Å². The van der Waals surface area contributed by atoms with Crippen LogP contribution in [0.5, 0.6) is 0 Å². The molecular weight excluding hydrogens is 931 g/mol. The summed E-state index contributed by atoms with van der Waals surface area (Å²) < 4.78 is 7.06. The number of benzene rings is 4. The van der Waals surface area contributed by atoms with Gasteiger partial charge < -0.3 is 0 Å². The summed E-state index contributed by atoms with van der Waals surface area (Å²) in [6, 6.07) is 32.1. The third-order valence-corrected chi connectivity index (χ3v) is 44.5. The summed E-state index contributed by atoms with van der Waals surface area (Å²) >= 11 is -3.20. The number of hydrogen-bond donors (Lipinski definition) is 0. The molecule has 1 saturated heterocycles. The van der Waals surface area contributed by atoms with Crippen LogP contribution in [-0.4, -0.2) is 40.4 Å². The third-order valence-electron chi connectivity index (χ3n) is 14.4. The van der Waals surface area contributed by atoms with Gasteiger partial charge >= 0.3 is 361 Å². The maximum absolute atomic E-state index is 3.20. The van der Waals surface area contributed by atoms with Gasteiger partial charge in [0.25, 0.3) is 0 Å². The Bertz CT molecular complexity index is 2070. The van der Waals surface area contributed by atoms with Crippen molar-refractivity contribution in [3.05, 3.63) is 105 Å². The van der Waals surface area contributed by atoms with Crippen LogP contribution in [-0.2, 0) is 20.0 Å².